The Kier molecular flexibility index (Phi) is 3.40. The fraction of sp³-hybridized carbons (Fsp3) is 0. The number of imide groups is 1. The monoisotopic (exact) mass is 396 g/mol. The minimum Gasteiger partial charge on any atom is -0.268 e. The second-order valence-corrected chi connectivity index (χ2v) is 6.49. The number of carbonyl (C=O) groups excluding carboxylic acids is 2. The van der Waals surface area contributed by atoms with Gasteiger partial charge in [-0.05, 0) is 35.7 Å². The van der Waals surface area contributed by atoms with Gasteiger partial charge in [-0.3, -0.25) is 19.7 Å². The van der Waals surface area contributed by atoms with Crippen LogP contribution in [0.25, 0.3) is 10.8 Å². The van der Waals surface area contributed by atoms with Gasteiger partial charge >= 0.3 is 0 Å². The summed E-state index contributed by atoms with van der Waals surface area (Å²) in [7, 11) is 0. The van der Waals surface area contributed by atoms with E-state index < -0.39 is 16.7 Å². The topological polar surface area (TPSA) is 80.5 Å². The SMILES string of the molecule is O=C1c2cccc3cc([N+](=O)[O-])cc(c23)C(=O)N1c1ccc(Br)cc1. The van der Waals surface area contributed by atoms with Gasteiger partial charge in [0.15, 0.2) is 0 Å². The van der Waals surface area contributed by atoms with Gasteiger partial charge in [0.2, 0.25) is 0 Å². The summed E-state index contributed by atoms with van der Waals surface area (Å²) >= 11 is 3.31. The minimum absolute atomic E-state index is 0.155. The van der Waals surface area contributed by atoms with Crippen molar-refractivity contribution >= 4 is 49.9 Å². The standard InChI is InChI=1S/C18H9BrN2O4/c19-11-4-6-12(7-5-11)20-17(22)14-3-1-2-10-8-13(21(24)25)9-15(16(10)14)18(20)23/h1-9H. The van der Waals surface area contributed by atoms with Crippen molar-refractivity contribution in [2.45, 2.75) is 0 Å². The van der Waals surface area contributed by atoms with Crippen molar-refractivity contribution in [3.05, 3.63) is 80.3 Å². The lowest BCUT2D eigenvalue weighted by Gasteiger charge is -2.27. The van der Waals surface area contributed by atoms with Crippen LogP contribution < -0.4 is 4.90 Å². The fourth-order valence-electron chi connectivity index (χ4n) is 3.02. The maximum atomic E-state index is 12.9. The van der Waals surface area contributed by atoms with Gasteiger partial charge < -0.3 is 0 Å². The Morgan fingerprint density at radius 1 is 0.920 bits per heavy atom. The highest BCUT2D eigenvalue weighted by molar-refractivity contribution is 9.10. The quantitative estimate of drug-likeness (QED) is 0.367. The van der Waals surface area contributed by atoms with Crippen LogP contribution in [0.5, 0.6) is 0 Å². The largest absolute Gasteiger partial charge is 0.270 e. The van der Waals surface area contributed by atoms with E-state index >= 15 is 0 Å². The first-order chi connectivity index (χ1) is 12.0. The van der Waals surface area contributed by atoms with Gasteiger partial charge in [0.25, 0.3) is 17.5 Å². The van der Waals surface area contributed by atoms with Crippen molar-refractivity contribution in [3.8, 4) is 0 Å². The van der Waals surface area contributed by atoms with Gasteiger partial charge in [-0.2, -0.15) is 0 Å². The second-order valence-electron chi connectivity index (χ2n) is 5.58. The van der Waals surface area contributed by atoms with E-state index in [1.54, 1.807) is 42.5 Å². The predicted octanol–water partition coefficient (Wildman–Crippen LogP) is 4.31. The summed E-state index contributed by atoms with van der Waals surface area (Å²) in [5, 5.41) is 12.1. The molecule has 0 saturated carbocycles. The molecule has 3 aromatic carbocycles. The number of hydrogen-bond donors (Lipinski definition) is 0. The van der Waals surface area contributed by atoms with Crippen LogP contribution in [0.4, 0.5) is 11.4 Å². The van der Waals surface area contributed by atoms with Crippen molar-refractivity contribution in [1.29, 1.82) is 0 Å². The van der Waals surface area contributed by atoms with E-state index in [9.17, 15) is 19.7 Å². The number of benzene rings is 3. The molecule has 1 aliphatic heterocycles. The van der Waals surface area contributed by atoms with Crippen LogP contribution in [0, 0.1) is 10.1 Å². The normalized spacial score (nSPS) is 13.4. The van der Waals surface area contributed by atoms with E-state index in [0.717, 1.165) is 9.37 Å². The summed E-state index contributed by atoms with van der Waals surface area (Å²) in [4.78, 5) is 37.5. The van der Waals surface area contributed by atoms with E-state index in [1.165, 1.54) is 12.1 Å². The highest BCUT2D eigenvalue weighted by atomic mass is 79.9. The number of halogens is 1. The van der Waals surface area contributed by atoms with E-state index in [0.29, 0.717) is 22.0 Å². The third kappa shape index (κ3) is 2.32. The van der Waals surface area contributed by atoms with Gasteiger partial charge in [0.1, 0.15) is 0 Å². The maximum Gasteiger partial charge on any atom is 0.270 e. The van der Waals surface area contributed by atoms with Crippen molar-refractivity contribution in [1.82, 2.24) is 0 Å². The van der Waals surface area contributed by atoms with Crippen LogP contribution in [0.2, 0.25) is 0 Å². The lowest BCUT2D eigenvalue weighted by Crippen LogP contribution is -2.40. The van der Waals surface area contributed by atoms with Crippen molar-refractivity contribution in [3.63, 3.8) is 0 Å². The van der Waals surface area contributed by atoms with E-state index in [2.05, 4.69) is 15.9 Å². The molecule has 25 heavy (non-hydrogen) atoms. The Balaban J connectivity index is 2.00. The van der Waals surface area contributed by atoms with E-state index in [1.807, 2.05) is 0 Å². The average molecular weight is 397 g/mol. The molecule has 0 unspecified atom stereocenters. The summed E-state index contributed by atoms with van der Waals surface area (Å²) in [6.45, 7) is 0. The molecule has 1 heterocycles. The van der Waals surface area contributed by atoms with Gasteiger partial charge in [-0.25, -0.2) is 4.90 Å². The van der Waals surface area contributed by atoms with Crippen LogP contribution in [0.1, 0.15) is 20.7 Å². The third-order valence-electron chi connectivity index (χ3n) is 4.12. The van der Waals surface area contributed by atoms with Crippen LogP contribution in [-0.4, -0.2) is 16.7 Å². The Morgan fingerprint density at radius 3 is 2.28 bits per heavy atom. The zero-order valence-electron chi connectivity index (χ0n) is 12.6. The minimum atomic E-state index is -0.570. The smallest absolute Gasteiger partial charge is 0.268 e. The number of amides is 2. The molecule has 0 atom stereocenters. The zero-order chi connectivity index (χ0) is 17.7. The summed E-state index contributed by atoms with van der Waals surface area (Å²) in [6.07, 6.45) is 0. The third-order valence-corrected chi connectivity index (χ3v) is 4.65. The van der Waals surface area contributed by atoms with Crippen LogP contribution in [0.3, 0.4) is 0 Å². The fourth-order valence-corrected chi connectivity index (χ4v) is 3.29. The van der Waals surface area contributed by atoms with Crippen molar-refractivity contribution in [2.24, 2.45) is 0 Å². The number of hydrogen-bond acceptors (Lipinski definition) is 4. The molecule has 1 aliphatic rings. The number of anilines is 1. The van der Waals surface area contributed by atoms with Crippen molar-refractivity contribution < 1.29 is 14.5 Å². The molecule has 4 rings (SSSR count). The van der Waals surface area contributed by atoms with Crippen molar-refractivity contribution in [2.75, 3.05) is 4.90 Å². The molecule has 3 aromatic rings. The lowest BCUT2D eigenvalue weighted by atomic mass is 9.93. The van der Waals surface area contributed by atoms with Gasteiger partial charge in [-0.15, -0.1) is 0 Å². The summed E-state index contributed by atoms with van der Waals surface area (Å²) in [5.41, 5.74) is 0.734. The number of nitro groups is 1. The molecule has 0 spiro atoms. The maximum absolute atomic E-state index is 12.9. The van der Waals surface area contributed by atoms with E-state index in [-0.39, 0.29) is 11.3 Å². The molecule has 6 nitrogen and oxygen atoms in total. The summed E-state index contributed by atoms with van der Waals surface area (Å²) < 4.78 is 0.811. The first-order valence-corrected chi connectivity index (χ1v) is 8.12. The second kappa shape index (κ2) is 5.49. The first kappa shape index (κ1) is 15.5. The number of nitrogens with zero attached hydrogens (tertiary/aromatic N) is 2. The molecule has 0 aliphatic carbocycles. The highest BCUT2D eigenvalue weighted by Gasteiger charge is 2.35. The molecule has 122 valence electrons. The first-order valence-electron chi connectivity index (χ1n) is 7.33. The average Bonchev–Trinajstić information content (AvgIpc) is 2.60. The molecule has 2 amide bonds. The zero-order valence-corrected chi connectivity index (χ0v) is 14.2. The van der Waals surface area contributed by atoms with Gasteiger partial charge in [0, 0.05) is 27.6 Å². The molecular formula is C18H9BrN2O4. The Hall–Kier alpha value is -3.06. The summed E-state index contributed by atoms with van der Waals surface area (Å²) in [5.74, 6) is -1.01. The molecule has 0 aromatic heterocycles. The van der Waals surface area contributed by atoms with Crippen LogP contribution in [-0.2, 0) is 0 Å². The molecule has 0 saturated heterocycles. The number of carbonyl (C=O) groups is 2. The number of rotatable bonds is 2. The molecule has 0 radical (unpaired) electrons. The highest BCUT2D eigenvalue weighted by Crippen LogP contribution is 2.35. The van der Waals surface area contributed by atoms with Gasteiger partial charge in [-0.1, -0.05) is 28.1 Å². The van der Waals surface area contributed by atoms with Gasteiger partial charge in [0.05, 0.1) is 16.2 Å². The predicted molar refractivity (Wildman–Crippen MR) is 95.9 cm³/mol. The molecule has 0 fully saturated rings. The number of non-ortho nitro benzene ring substituents is 1. The summed E-state index contributed by atoms with van der Waals surface area (Å²) in [6, 6.07) is 14.3. The Bertz CT molecular complexity index is 1080. The van der Waals surface area contributed by atoms with E-state index in [4.69, 9.17) is 0 Å². The van der Waals surface area contributed by atoms with Crippen LogP contribution >= 0.6 is 15.9 Å². The Morgan fingerprint density at radius 2 is 1.60 bits per heavy atom. The lowest BCUT2D eigenvalue weighted by molar-refractivity contribution is -0.384. The number of nitro benzene ring substituents is 1. The van der Waals surface area contributed by atoms with Crippen LogP contribution in [0.15, 0.2) is 59.1 Å². The molecule has 0 bridgehead atoms. The Labute approximate surface area is 149 Å². The molecular weight excluding hydrogens is 388 g/mol. The molecule has 0 N–H and O–H groups in total. The molecule has 7 heteroatoms.